The molecule has 0 amide bonds. The number of benzene rings is 3. The fourth-order valence-corrected chi connectivity index (χ4v) is 2.24. The van der Waals surface area contributed by atoms with Gasteiger partial charge in [-0.15, -0.1) is 0 Å². The quantitative estimate of drug-likeness (QED) is 0.588. The van der Waals surface area contributed by atoms with E-state index in [2.05, 4.69) is 16.1 Å². The molecule has 0 atom stereocenters. The Morgan fingerprint density at radius 1 is 0.609 bits per heavy atom. The van der Waals surface area contributed by atoms with Crippen molar-refractivity contribution in [2.75, 3.05) is 0 Å². The first-order valence-electron chi connectivity index (χ1n) is 7.64. The minimum atomic E-state index is 0.622. The van der Waals surface area contributed by atoms with Gasteiger partial charge in [0.1, 0.15) is 0 Å². The zero-order valence-corrected chi connectivity index (χ0v) is 12.8. The van der Waals surface area contributed by atoms with Crippen LogP contribution < -0.4 is 0 Å². The van der Waals surface area contributed by atoms with E-state index in [0.29, 0.717) is 6.54 Å². The zero-order chi connectivity index (χ0) is 15.7. The van der Waals surface area contributed by atoms with E-state index in [4.69, 9.17) is 0 Å². The van der Waals surface area contributed by atoms with Crippen molar-refractivity contribution >= 4 is 18.1 Å². The average molecular weight is 298 g/mol. The molecule has 0 spiro atoms. The van der Waals surface area contributed by atoms with Crippen molar-refractivity contribution in [3.8, 4) is 0 Å². The van der Waals surface area contributed by atoms with Crippen LogP contribution in [-0.2, 0) is 6.54 Å². The molecule has 0 aliphatic heterocycles. The molecule has 0 fully saturated rings. The van der Waals surface area contributed by atoms with Gasteiger partial charge in [-0.05, 0) is 22.8 Å². The highest BCUT2D eigenvalue weighted by atomic mass is 14.8. The van der Waals surface area contributed by atoms with E-state index in [0.717, 1.165) is 22.4 Å². The van der Waals surface area contributed by atoms with Gasteiger partial charge in [-0.3, -0.25) is 9.98 Å². The fraction of sp³-hybridized carbons (Fsp3) is 0.0476. The van der Waals surface area contributed by atoms with Gasteiger partial charge in [-0.25, -0.2) is 0 Å². The van der Waals surface area contributed by atoms with Crippen LogP contribution in [0.4, 0.5) is 5.69 Å². The van der Waals surface area contributed by atoms with E-state index in [-0.39, 0.29) is 0 Å². The summed E-state index contributed by atoms with van der Waals surface area (Å²) in [5.74, 6) is 0. The Morgan fingerprint density at radius 2 is 1.17 bits per heavy atom. The largest absolute Gasteiger partial charge is 0.288 e. The monoisotopic (exact) mass is 298 g/mol. The van der Waals surface area contributed by atoms with Crippen LogP contribution in [0, 0.1) is 0 Å². The Kier molecular flexibility index (Phi) is 5.09. The maximum Gasteiger partial charge on any atom is 0.0680 e. The van der Waals surface area contributed by atoms with Gasteiger partial charge in [0.25, 0.3) is 0 Å². The fourth-order valence-electron chi connectivity index (χ4n) is 2.24. The molecule has 0 heterocycles. The number of rotatable bonds is 5. The summed E-state index contributed by atoms with van der Waals surface area (Å²) in [7, 11) is 0. The van der Waals surface area contributed by atoms with Crippen LogP contribution in [0.3, 0.4) is 0 Å². The molecule has 3 aromatic carbocycles. The molecule has 112 valence electrons. The van der Waals surface area contributed by atoms with Gasteiger partial charge in [0.05, 0.1) is 12.2 Å². The molecule has 23 heavy (non-hydrogen) atoms. The standard InChI is InChI=1S/C21H18N2/c1-3-9-18(10-4-1)15-22-17-20-13-7-8-14-21(20)23-16-19-11-5-2-6-12-19/h1-16H,17H2. The summed E-state index contributed by atoms with van der Waals surface area (Å²) < 4.78 is 0. The first kappa shape index (κ1) is 14.9. The second-order valence-corrected chi connectivity index (χ2v) is 5.18. The van der Waals surface area contributed by atoms with Crippen molar-refractivity contribution < 1.29 is 0 Å². The minimum absolute atomic E-state index is 0.622. The summed E-state index contributed by atoms with van der Waals surface area (Å²) in [6.07, 6.45) is 3.79. The van der Waals surface area contributed by atoms with E-state index < -0.39 is 0 Å². The number of hydrogen-bond acceptors (Lipinski definition) is 2. The Morgan fingerprint density at radius 3 is 1.87 bits per heavy atom. The van der Waals surface area contributed by atoms with Gasteiger partial charge in [-0.2, -0.15) is 0 Å². The third kappa shape index (κ3) is 4.48. The summed E-state index contributed by atoms with van der Waals surface area (Å²) in [6.45, 7) is 0.622. The van der Waals surface area contributed by atoms with Gasteiger partial charge in [-0.1, -0.05) is 78.9 Å². The van der Waals surface area contributed by atoms with Crippen molar-refractivity contribution in [1.29, 1.82) is 0 Å². The van der Waals surface area contributed by atoms with Crippen LogP contribution in [0.1, 0.15) is 16.7 Å². The third-order valence-corrected chi connectivity index (χ3v) is 3.45. The van der Waals surface area contributed by atoms with E-state index in [1.54, 1.807) is 0 Å². The van der Waals surface area contributed by atoms with Crippen molar-refractivity contribution in [2.24, 2.45) is 9.98 Å². The molecule has 2 heteroatoms. The van der Waals surface area contributed by atoms with Crippen molar-refractivity contribution in [2.45, 2.75) is 6.54 Å². The molecule has 0 aliphatic carbocycles. The van der Waals surface area contributed by atoms with Crippen LogP contribution in [0.5, 0.6) is 0 Å². The smallest absolute Gasteiger partial charge is 0.0680 e. The van der Waals surface area contributed by atoms with Gasteiger partial charge in [0, 0.05) is 12.4 Å². The molecular weight excluding hydrogens is 280 g/mol. The normalized spacial score (nSPS) is 11.3. The molecule has 0 N–H and O–H groups in total. The van der Waals surface area contributed by atoms with Gasteiger partial charge in [0.2, 0.25) is 0 Å². The second-order valence-electron chi connectivity index (χ2n) is 5.18. The molecule has 0 saturated heterocycles. The molecule has 3 rings (SSSR count). The van der Waals surface area contributed by atoms with E-state index in [1.807, 2.05) is 91.3 Å². The van der Waals surface area contributed by atoms with Crippen LogP contribution in [-0.4, -0.2) is 12.4 Å². The Bertz CT molecular complexity index is 790. The molecular formula is C21H18N2. The maximum atomic E-state index is 4.60. The lowest BCUT2D eigenvalue weighted by Crippen LogP contribution is -1.86. The summed E-state index contributed by atoms with van der Waals surface area (Å²) in [4.78, 5) is 9.13. The second kappa shape index (κ2) is 7.85. The molecule has 3 aromatic rings. The molecule has 0 aliphatic rings. The van der Waals surface area contributed by atoms with Crippen LogP contribution in [0.25, 0.3) is 0 Å². The summed E-state index contributed by atoms with van der Waals surface area (Å²) in [6, 6.07) is 28.3. The summed E-state index contributed by atoms with van der Waals surface area (Å²) in [5, 5.41) is 0. The summed E-state index contributed by atoms with van der Waals surface area (Å²) in [5.41, 5.74) is 4.28. The first-order chi connectivity index (χ1) is 11.4. The number of aliphatic imine (C=N–C) groups is 2. The first-order valence-corrected chi connectivity index (χ1v) is 7.64. The molecule has 2 nitrogen and oxygen atoms in total. The predicted octanol–water partition coefficient (Wildman–Crippen LogP) is 5.06. The lowest BCUT2D eigenvalue weighted by Gasteiger charge is -2.02. The number of nitrogens with zero attached hydrogens (tertiary/aromatic N) is 2. The van der Waals surface area contributed by atoms with Gasteiger partial charge in [0.15, 0.2) is 0 Å². The topological polar surface area (TPSA) is 24.7 Å². The van der Waals surface area contributed by atoms with E-state index >= 15 is 0 Å². The minimum Gasteiger partial charge on any atom is -0.288 e. The van der Waals surface area contributed by atoms with E-state index in [1.165, 1.54) is 0 Å². The molecule has 0 saturated carbocycles. The van der Waals surface area contributed by atoms with Gasteiger partial charge < -0.3 is 0 Å². The predicted molar refractivity (Wildman–Crippen MR) is 97.9 cm³/mol. The molecule has 0 aromatic heterocycles. The highest BCUT2D eigenvalue weighted by Crippen LogP contribution is 2.19. The zero-order valence-electron chi connectivity index (χ0n) is 12.8. The van der Waals surface area contributed by atoms with Crippen LogP contribution >= 0.6 is 0 Å². The SMILES string of the molecule is C(=NCc1ccccc1N=Cc1ccccc1)c1ccccc1. The Balaban J connectivity index is 1.73. The molecule has 0 bridgehead atoms. The number of para-hydroxylation sites is 1. The van der Waals surface area contributed by atoms with Gasteiger partial charge >= 0.3 is 0 Å². The Hall–Kier alpha value is -3.00. The van der Waals surface area contributed by atoms with Crippen LogP contribution in [0.15, 0.2) is 94.9 Å². The lowest BCUT2D eigenvalue weighted by molar-refractivity contribution is 1.07. The van der Waals surface area contributed by atoms with Crippen molar-refractivity contribution in [3.63, 3.8) is 0 Å². The van der Waals surface area contributed by atoms with E-state index in [9.17, 15) is 0 Å². The highest BCUT2D eigenvalue weighted by molar-refractivity contribution is 5.82. The number of hydrogen-bond donors (Lipinski definition) is 0. The van der Waals surface area contributed by atoms with Crippen LogP contribution in [0.2, 0.25) is 0 Å². The molecule has 0 radical (unpaired) electrons. The average Bonchev–Trinajstić information content (AvgIpc) is 2.63. The lowest BCUT2D eigenvalue weighted by atomic mass is 10.1. The van der Waals surface area contributed by atoms with Crippen molar-refractivity contribution in [3.05, 3.63) is 102 Å². The molecule has 0 unspecified atom stereocenters. The van der Waals surface area contributed by atoms with Crippen molar-refractivity contribution in [1.82, 2.24) is 0 Å². The highest BCUT2D eigenvalue weighted by Gasteiger charge is 1.98. The summed E-state index contributed by atoms with van der Waals surface area (Å²) >= 11 is 0. The Labute approximate surface area is 136 Å². The third-order valence-electron chi connectivity index (χ3n) is 3.45. The maximum absolute atomic E-state index is 4.60.